The van der Waals surface area contributed by atoms with Crippen molar-refractivity contribution in [2.75, 3.05) is 23.9 Å². The molecule has 0 radical (unpaired) electrons. The maximum atomic E-state index is 13.0. The fraction of sp³-hybridized carbons (Fsp3) is 0.231. The number of fused-ring (bicyclic) bond motifs is 3. The van der Waals surface area contributed by atoms with Crippen LogP contribution in [0.3, 0.4) is 0 Å². The van der Waals surface area contributed by atoms with Crippen molar-refractivity contribution in [3.05, 3.63) is 77.9 Å². The van der Waals surface area contributed by atoms with Crippen molar-refractivity contribution in [2.45, 2.75) is 25.4 Å². The second kappa shape index (κ2) is 8.04. The number of benzene rings is 3. The Balaban J connectivity index is 1.38. The first kappa shape index (κ1) is 20.1. The van der Waals surface area contributed by atoms with Crippen LogP contribution < -0.4 is 20.3 Å². The highest BCUT2D eigenvalue weighted by atomic mass is 16.5. The zero-order valence-corrected chi connectivity index (χ0v) is 18.1. The van der Waals surface area contributed by atoms with Crippen molar-refractivity contribution >= 4 is 23.2 Å². The van der Waals surface area contributed by atoms with Crippen molar-refractivity contribution in [1.29, 1.82) is 0 Å². The van der Waals surface area contributed by atoms with Crippen LogP contribution in [0.1, 0.15) is 22.8 Å². The van der Waals surface area contributed by atoms with E-state index in [0.29, 0.717) is 18.5 Å². The lowest BCUT2D eigenvalue weighted by molar-refractivity contribution is -0.123. The first-order valence-electron chi connectivity index (χ1n) is 10.8. The van der Waals surface area contributed by atoms with Gasteiger partial charge >= 0.3 is 0 Å². The summed E-state index contributed by atoms with van der Waals surface area (Å²) in [6, 6.07) is 21.3. The number of anilines is 2. The summed E-state index contributed by atoms with van der Waals surface area (Å²) in [5, 5.41) is 5.98. The van der Waals surface area contributed by atoms with Crippen LogP contribution in [0.2, 0.25) is 0 Å². The smallest absolute Gasteiger partial charge is 0.255 e. The molecule has 32 heavy (non-hydrogen) atoms. The molecule has 1 fully saturated rings. The molecule has 2 aliphatic rings. The van der Waals surface area contributed by atoms with Gasteiger partial charge in [-0.05, 0) is 60.0 Å². The van der Waals surface area contributed by atoms with E-state index in [4.69, 9.17) is 4.74 Å². The standard InChI is InChI=1S/C26H25N3O3/c1-16-15-27-26(31)24-13-19-9-10-20(14-23(19)29(16)24)25(30)28-21-7-3-5-17(11-21)18-6-4-8-22(12-18)32-2/h3-12,14,16,24H,13,15H2,1-2H3,(H,27,31)(H,28,30). The topological polar surface area (TPSA) is 70.7 Å². The molecule has 1 saturated heterocycles. The van der Waals surface area contributed by atoms with Gasteiger partial charge in [-0.15, -0.1) is 0 Å². The quantitative estimate of drug-likeness (QED) is 0.663. The number of carbonyl (C=O) groups excluding carboxylic acids is 2. The Labute approximate surface area is 187 Å². The van der Waals surface area contributed by atoms with E-state index in [-0.39, 0.29) is 23.9 Å². The zero-order chi connectivity index (χ0) is 22.2. The molecule has 0 aliphatic carbocycles. The average Bonchev–Trinajstić information content (AvgIpc) is 3.22. The van der Waals surface area contributed by atoms with Gasteiger partial charge < -0.3 is 20.3 Å². The largest absolute Gasteiger partial charge is 0.497 e. The van der Waals surface area contributed by atoms with Crippen LogP contribution in [0, 0.1) is 0 Å². The molecule has 6 nitrogen and oxygen atoms in total. The van der Waals surface area contributed by atoms with Gasteiger partial charge in [0.2, 0.25) is 5.91 Å². The number of ether oxygens (including phenoxy) is 1. The lowest BCUT2D eigenvalue weighted by atomic mass is 10.0. The van der Waals surface area contributed by atoms with Crippen molar-refractivity contribution in [1.82, 2.24) is 5.32 Å². The van der Waals surface area contributed by atoms with Gasteiger partial charge in [0.25, 0.3) is 5.91 Å². The molecule has 162 valence electrons. The summed E-state index contributed by atoms with van der Waals surface area (Å²) in [6.07, 6.45) is 0.677. The summed E-state index contributed by atoms with van der Waals surface area (Å²) < 4.78 is 5.32. The van der Waals surface area contributed by atoms with Gasteiger partial charge in [0.05, 0.1) is 7.11 Å². The molecule has 6 heteroatoms. The number of piperazine rings is 1. The molecule has 5 rings (SSSR count). The maximum Gasteiger partial charge on any atom is 0.255 e. The monoisotopic (exact) mass is 427 g/mol. The number of hydrogen-bond acceptors (Lipinski definition) is 4. The van der Waals surface area contributed by atoms with Crippen LogP contribution >= 0.6 is 0 Å². The average molecular weight is 428 g/mol. The number of rotatable bonds is 4. The van der Waals surface area contributed by atoms with Crippen LogP contribution in [-0.4, -0.2) is 37.6 Å². The third-order valence-corrected chi connectivity index (χ3v) is 6.25. The molecule has 2 aliphatic heterocycles. The fourth-order valence-electron chi connectivity index (χ4n) is 4.60. The highest BCUT2D eigenvalue weighted by molar-refractivity contribution is 6.05. The molecule has 2 N–H and O–H groups in total. The van der Waals surface area contributed by atoms with Gasteiger partial charge in [0, 0.05) is 35.9 Å². The summed E-state index contributed by atoms with van der Waals surface area (Å²) in [5.74, 6) is 0.668. The molecule has 0 saturated carbocycles. The van der Waals surface area contributed by atoms with E-state index in [1.54, 1.807) is 7.11 Å². The molecule has 3 aromatic rings. The highest BCUT2D eigenvalue weighted by Crippen LogP contribution is 2.36. The second-order valence-corrected chi connectivity index (χ2v) is 8.33. The first-order valence-corrected chi connectivity index (χ1v) is 10.8. The van der Waals surface area contributed by atoms with Gasteiger partial charge in [0.15, 0.2) is 0 Å². The summed E-state index contributed by atoms with van der Waals surface area (Å²) in [6.45, 7) is 2.71. The Kier molecular flexibility index (Phi) is 5.05. The highest BCUT2D eigenvalue weighted by Gasteiger charge is 2.40. The van der Waals surface area contributed by atoms with Crippen LogP contribution in [0.15, 0.2) is 66.7 Å². The molecule has 0 aromatic heterocycles. The van der Waals surface area contributed by atoms with Gasteiger partial charge in [-0.1, -0.05) is 30.3 Å². The number of nitrogens with zero attached hydrogens (tertiary/aromatic N) is 1. The molecule has 0 bridgehead atoms. The number of amides is 2. The number of hydrogen-bond donors (Lipinski definition) is 2. The normalized spacial score (nSPS) is 19.1. The van der Waals surface area contributed by atoms with E-state index >= 15 is 0 Å². The SMILES string of the molecule is COc1cccc(-c2cccc(NC(=O)c3ccc4c(c3)N3C(C)CNC(=O)C3C4)c2)c1. The fourth-order valence-corrected chi connectivity index (χ4v) is 4.60. The minimum absolute atomic E-state index is 0.0552. The first-order chi connectivity index (χ1) is 15.5. The molecule has 2 atom stereocenters. The second-order valence-electron chi connectivity index (χ2n) is 8.33. The van der Waals surface area contributed by atoms with Gasteiger partial charge in [-0.25, -0.2) is 0 Å². The summed E-state index contributed by atoms with van der Waals surface area (Å²) in [7, 11) is 1.64. The van der Waals surface area contributed by atoms with E-state index < -0.39 is 0 Å². The van der Waals surface area contributed by atoms with E-state index in [1.165, 1.54) is 0 Å². The minimum Gasteiger partial charge on any atom is -0.497 e. The lowest BCUT2D eigenvalue weighted by Gasteiger charge is -2.37. The maximum absolute atomic E-state index is 13.0. The zero-order valence-electron chi connectivity index (χ0n) is 18.1. The number of nitrogens with one attached hydrogen (secondary N) is 2. The molecule has 2 amide bonds. The molecular weight excluding hydrogens is 402 g/mol. The summed E-state index contributed by atoms with van der Waals surface area (Å²) >= 11 is 0. The third kappa shape index (κ3) is 3.58. The van der Waals surface area contributed by atoms with Crippen molar-refractivity contribution < 1.29 is 14.3 Å². The van der Waals surface area contributed by atoms with Crippen LogP contribution in [0.5, 0.6) is 5.75 Å². The van der Waals surface area contributed by atoms with Gasteiger partial charge in [0.1, 0.15) is 11.8 Å². The van der Waals surface area contributed by atoms with Crippen LogP contribution in [0.25, 0.3) is 11.1 Å². The van der Waals surface area contributed by atoms with E-state index in [9.17, 15) is 9.59 Å². The van der Waals surface area contributed by atoms with Gasteiger partial charge in [-0.3, -0.25) is 9.59 Å². The Morgan fingerprint density at radius 3 is 2.66 bits per heavy atom. The van der Waals surface area contributed by atoms with Gasteiger partial charge in [-0.2, -0.15) is 0 Å². The van der Waals surface area contributed by atoms with Crippen molar-refractivity contribution in [3.8, 4) is 16.9 Å². The number of carbonyl (C=O) groups is 2. The lowest BCUT2D eigenvalue weighted by Crippen LogP contribution is -2.58. The van der Waals surface area contributed by atoms with Crippen molar-refractivity contribution in [2.24, 2.45) is 0 Å². The molecule has 0 spiro atoms. The third-order valence-electron chi connectivity index (χ3n) is 6.25. The Morgan fingerprint density at radius 2 is 1.84 bits per heavy atom. The molecule has 2 heterocycles. The molecular formula is C26H25N3O3. The Bertz CT molecular complexity index is 1210. The Morgan fingerprint density at radius 1 is 1.06 bits per heavy atom. The van der Waals surface area contributed by atoms with Crippen LogP contribution in [-0.2, 0) is 11.2 Å². The Hall–Kier alpha value is -3.80. The van der Waals surface area contributed by atoms with Crippen molar-refractivity contribution in [3.63, 3.8) is 0 Å². The predicted molar refractivity (Wildman–Crippen MR) is 125 cm³/mol. The minimum atomic E-state index is -0.188. The van der Waals surface area contributed by atoms with E-state index in [0.717, 1.165) is 33.8 Å². The molecule has 3 aromatic carbocycles. The molecule has 2 unspecified atom stereocenters. The van der Waals surface area contributed by atoms with E-state index in [2.05, 4.69) is 22.5 Å². The van der Waals surface area contributed by atoms with E-state index in [1.807, 2.05) is 66.7 Å². The summed E-state index contributed by atoms with van der Waals surface area (Å²) in [5.41, 5.74) is 5.40. The predicted octanol–water partition coefficient (Wildman–Crippen LogP) is 3.86. The summed E-state index contributed by atoms with van der Waals surface area (Å²) in [4.78, 5) is 27.5. The van der Waals surface area contributed by atoms with Crippen LogP contribution in [0.4, 0.5) is 11.4 Å². The number of methoxy groups -OCH3 is 1.